The Hall–Kier alpha value is -1.49. The molecule has 0 radical (unpaired) electrons. The number of hydrogen-bond acceptors (Lipinski definition) is 3. The third-order valence-electron chi connectivity index (χ3n) is 3.56. The van der Waals surface area contributed by atoms with E-state index < -0.39 is 5.97 Å². The number of aliphatic carboxylic acids is 1. The van der Waals surface area contributed by atoms with Crippen molar-refractivity contribution in [3.8, 4) is 0 Å². The number of nitrogens with one attached hydrogen (secondary N) is 2. The van der Waals surface area contributed by atoms with Crippen molar-refractivity contribution in [1.82, 2.24) is 0 Å². The van der Waals surface area contributed by atoms with Gasteiger partial charge in [0.25, 0.3) is 0 Å². The van der Waals surface area contributed by atoms with Gasteiger partial charge >= 0.3 is 5.97 Å². The number of allylic oxidation sites excluding steroid dienone is 3. The van der Waals surface area contributed by atoms with Crippen LogP contribution in [0.2, 0.25) is 10.0 Å². The third-order valence-corrected chi connectivity index (χ3v) is 4.39. The fraction of sp³-hybridized carbons (Fsp3) is 0.250. The van der Waals surface area contributed by atoms with E-state index in [9.17, 15) is 4.79 Å². The van der Waals surface area contributed by atoms with Crippen molar-refractivity contribution in [2.45, 2.75) is 18.9 Å². The van der Waals surface area contributed by atoms with Gasteiger partial charge in [-0.15, -0.1) is 0 Å². The maximum Gasteiger partial charge on any atom is 0.349 e. The lowest BCUT2D eigenvalue weighted by Gasteiger charge is -2.28. The van der Waals surface area contributed by atoms with Crippen LogP contribution in [0.4, 0.5) is 5.69 Å². The van der Waals surface area contributed by atoms with Gasteiger partial charge in [0.1, 0.15) is 5.71 Å². The summed E-state index contributed by atoms with van der Waals surface area (Å²) in [6, 6.07) is 4.74. The Labute approximate surface area is 149 Å². The van der Waals surface area contributed by atoms with Gasteiger partial charge in [-0.05, 0) is 30.7 Å². The van der Waals surface area contributed by atoms with Crippen molar-refractivity contribution in [2.75, 3.05) is 5.32 Å². The monoisotopic (exact) mass is 372 g/mol. The largest absolute Gasteiger partial charge is 0.477 e. The molecule has 4 nitrogen and oxygen atoms in total. The lowest BCUT2D eigenvalue weighted by molar-refractivity contribution is -0.129. The van der Waals surface area contributed by atoms with Gasteiger partial charge in [-0.1, -0.05) is 47.0 Å². The van der Waals surface area contributed by atoms with Gasteiger partial charge in [0.2, 0.25) is 0 Å². The van der Waals surface area contributed by atoms with Crippen LogP contribution < -0.4 is 5.32 Å². The molecule has 1 aromatic carbocycles. The standard InChI is InChI=1S/C16H15Cl3N2O2/c17-10-3-1-9(2-4-10)15(8-13(20)16(22)23)21-14-6-5-11(18)7-12(14)19/h1,3-7,9,15,20-21H,2,8H2,(H,22,23)/t9?,15-/m1/s1. The van der Waals surface area contributed by atoms with Crippen LogP contribution in [0.5, 0.6) is 0 Å². The molecule has 0 saturated carbocycles. The van der Waals surface area contributed by atoms with Crippen LogP contribution in [0, 0.1) is 11.3 Å². The van der Waals surface area contributed by atoms with E-state index in [1.165, 1.54) is 0 Å². The van der Waals surface area contributed by atoms with Crippen LogP contribution >= 0.6 is 34.8 Å². The fourth-order valence-corrected chi connectivity index (χ4v) is 2.96. The number of benzene rings is 1. The van der Waals surface area contributed by atoms with E-state index >= 15 is 0 Å². The van der Waals surface area contributed by atoms with E-state index in [2.05, 4.69) is 5.32 Å². The number of carboxylic acid groups (broad SMARTS) is 1. The predicted octanol–water partition coefficient (Wildman–Crippen LogP) is 4.97. The number of halogens is 3. The van der Waals surface area contributed by atoms with Crippen LogP contribution in [-0.4, -0.2) is 22.8 Å². The van der Waals surface area contributed by atoms with Crippen molar-refractivity contribution in [2.24, 2.45) is 5.92 Å². The first kappa shape index (κ1) is 17.9. The van der Waals surface area contributed by atoms with E-state index in [-0.39, 0.29) is 24.1 Å². The maximum atomic E-state index is 11.0. The Kier molecular flexibility index (Phi) is 6.10. The number of hydrogen-bond donors (Lipinski definition) is 3. The van der Waals surface area contributed by atoms with Gasteiger partial charge in [0.15, 0.2) is 0 Å². The summed E-state index contributed by atoms with van der Waals surface area (Å²) in [5.74, 6) is -1.23. The zero-order chi connectivity index (χ0) is 17.0. The molecule has 1 aromatic rings. The van der Waals surface area contributed by atoms with Crippen molar-refractivity contribution in [3.05, 3.63) is 51.5 Å². The topological polar surface area (TPSA) is 73.2 Å². The molecule has 122 valence electrons. The highest BCUT2D eigenvalue weighted by Crippen LogP contribution is 2.30. The van der Waals surface area contributed by atoms with Crippen LogP contribution in [0.15, 0.2) is 41.5 Å². The van der Waals surface area contributed by atoms with Crippen LogP contribution in [0.25, 0.3) is 0 Å². The molecule has 1 aliphatic rings. The molecule has 0 saturated heterocycles. The zero-order valence-electron chi connectivity index (χ0n) is 12.0. The summed E-state index contributed by atoms with van der Waals surface area (Å²) in [5, 5.41) is 21.4. The molecule has 3 N–H and O–H groups in total. The molecule has 23 heavy (non-hydrogen) atoms. The Morgan fingerprint density at radius 3 is 2.70 bits per heavy atom. The normalized spacial score (nSPS) is 18.2. The van der Waals surface area contributed by atoms with Gasteiger partial charge in [-0.25, -0.2) is 4.79 Å². The van der Waals surface area contributed by atoms with Gasteiger partial charge < -0.3 is 10.4 Å². The first-order valence-electron chi connectivity index (χ1n) is 6.93. The minimum atomic E-state index is -1.23. The van der Waals surface area contributed by atoms with E-state index in [1.807, 2.05) is 12.2 Å². The Morgan fingerprint density at radius 2 is 2.13 bits per heavy atom. The third kappa shape index (κ3) is 4.99. The number of anilines is 1. The van der Waals surface area contributed by atoms with Crippen LogP contribution in [-0.2, 0) is 4.79 Å². The summed E-state index contributed by atoms with van der Waals surface area (Å²) in [6.45, 7) is 0. The Bertz CT molecular complexity index is 686. The zero-order valence-corrected chi connectivity index (χ0v) is 14.3. The molecule has 0 amide bonds. The van der Waals surface area contributed by atoms with E-state index in [0.29, 0.717) is 27.2 Å². The molecule has 2 atom stereocenters. The smallest absolute Gasteiger partial charge is 0.349 e. The number of carbonyl (C=O) groups is 1. The van der Waals surface area contributed by atoms with E-state index in [1.54, 1.807) is 24.3 Å². The lowest BCUT2D eigenvalue weighted by Crippen LogP contribution is -2.33. The average molecular weight is 374 g/mol. The average Bonchev–Trinajstić information content (AvgIpc) is 2.49. The minimum Gasteiger partial charge on any atom is -0.477 e. The predicted molar refractivity (Wildman–Crippen MR) is 95.0 cm³/mol. The summed E-state index contributed by atoms with van der Waals surface area (Å²) < 4.78 is 0. The van der Waals surface area contributed by atoms with Crippen molar-refractivity contribution in [3.63, 3.8) is 0 Å². The Balaban J connectivity index is 2.20. The molecule has 0 heterocycles. The van der Waals surface area contributed by atoms with Crippen LogP contribution in [0.1, 0.15) is 12.8 Å². The van der Waals surface area contributed by atoms with Gasteiger partial charge in [0, 0.05) is 28.4 Å². The van der Waals surface area contributed by atoms with E-state index in [4.69, 9.17) is 45.3 Å². The quantitative estimate of drug-likeness (QED) is 0.617. The lowest BCUT2D eigenvalue weighted by atomic mass is 9.89. The summed E-state index contributed by atoms with van der Waals surface area (Å²) in [6.07, 6.45) is 6.28. The first-order chi connectivity index (χ1) is 10.9. The molecule has 0 bridgehead atoms. The second kappa shape index (κ2) is 7.86. The first-order valence-corrected chi connectivity index (χ1v) is 8.06. The van der Waals surface area contributed by atoms with E-state index in [0.717, 1.165) is 0 Å². The number of rotatable bonds is 6. The molecule has 0 spiro atoms. The second-order valence-electron chi connectivity index (χ2n) is 5.21. The summed E-state index contributed by atoms with van der Waals surface area (Å²) in [5.41, 5.74) is 0.287. The summed E-state index contributed by atoms with van der Waals surface area (Å²) in [4.78, 5) is 11.0. The number of carboxylic acids is 1. The fourth-order valence-electron chi connectivity index (χ4n) is 2.33. The molecule has 7 heteroatoms. The molecule has 0 fully saturated rings. The highest BCUT2D eigenvalue weighted by Gasteiger charge is 2.24. The molecular weight excluding hydrogens is 359 g/mol. The summed E-state index contributed by atoms with van der Waals surface area (Å²) >= 11 is 18.0. The van der Waals surface area contributed by atoms with Gasteiger partial charge in [-0.3, -0.25) is 5.41 Å². The highest BCUT2D eigenvalue weighted by molar-refractivity contribution is 6.36. The molecule has 1 aliphatic carbocycles. The van der Waals surface area contributed by atoms with Gasteiger partial charge in [-0.2, -0.15) is 0 Å². The van der Waals surface area contributed by atoms with Crippen molar-refractivity contribution < 1.29 is 9.90 Å². The van der Waals surface area contributed by atoms with Crippen molar-refractivity contribution in [1.29, 1.82) is 5.41 Å². The molecule has 1 unspecified atom stereocenters. The highest BCUT2D eigenvalue weighted by atomic mass is 35.5. The summed E-state index contributed by atoms with van der Waals surface area (Å²) in [7, 11) is 0. The van der Waals surface area contributed by atoms with Crippen LogP contribution in [0.3, 0.4) is 0 Å². The van der Waals surface area contributed by atoms with Crippen molar-refractivity contribution >= 4 is 52.2 Å². The SMILES string of the molecule is N=C(C[C@@H](Nc1ccc(Cl)cc1Cl)C1C=CC(Cl)=CC1)C(=O)O. The van der Waals surface area contributed by atoms with Gasteiger partial charge in [0.05, 0.1) is 10.7 Å². The maximum absolute atomic E-state index is 11.0. The molecule has 2 rings (SSSR count). The minimum absolute atomic E-state index is 0.00365. The molecule has 0 aromatic heterocycles. The molecule has 0 aliphatic heterocycles. The molecular formula is C16H15Cl3N2O2. The second-order valence-corrected chi connectivity index (χ2v) is 6.49. The Morgan fingerprint density at radius 1 is 1.39 bits per heavy atom.